The van der Waals surface area contributed by atoms with Crippen molar-refractivity contribution < 1.29 is 4.74 Å². The quantitative estimate of drug-likeness (QED) is 0.565. The van der Waals surface area contributed by atoms with Crippen LogP contribution in [-0.4, -0.2) is 37.2 Å². The van der Waals surface area contributed by atoms with Gasteiger partial charge in [0.2, 0.25) is 0 Å². The summed E-state index contributed by atoms with van der Waals surface area (Å²) in [5, 5.41) is 0. The van der Waals surface area contributed by atoms with Crippen molar-refractivity contribution in [2.45, 2.75) is 37.3 Å². The van der Waals surface area contributed by atoms with Crippen LogP contribution in [0, 0.1) is 0 Å². The zero-order valence-electron chi connectivity index (χ0n) is 7.47. The molecule has 0 radical (unpaired) electrons. The van der Waals surface area contributed by atoms with Gasteiger partial charge >= 0.3 is 0 Å². The topological polar surface area (TPSA) is 12.5 Å². The number of methoxy groups -OCH3 is 1. The number of hydrogen-bond acceptors (Lipinski definition) is 2. The molecule has 1 heterocycles. The van der Waals surface area contributed by atoms with Crippen molar-refractivity contribution in [2.75, 3.05) is 20.7 Å². The van der Waals surface area contributed by atoms with E-state index in [1.807, 2.05) is 7.11 Å². The summed E-state index contributed by atoms with van der Waals surface area (Å²) in [5.41, 5.74) is 0.275. The van der Waals surface area contributed by atoms with Gasteiger partial charge in [-0.1, -0.05) is 0 Å². The zero-order chi connectivity index (χ0) is 7.90. The first-order valence-corrected chi connectivity index (χ1v) is 4.51. The van der Waals surface area contributed by atoms with Crippen molar-refractivity contribution in [1.82, 2.24) is 4.90 Å². The lowest BCUT2D eigenvalue weighted by atomic mass is 9.94. The first-order valence-electron chi connectivity index (χ1n) is 4.51. The van der Waals surface area contributed by atoms with E-state index in [0.717, 1.165) is 6.04 Å². The normalized spacial score (nSPS) is 44.7. The molecule has 2 fully saturated rings. The third kappa shape index (κ3) is 1.09. The Hall–Kier alpha value is -0.0800. The zero-order valence-corrected chi connectivity index (χ0v) is 7.47. The Labute approximate surface area is 68.5 Å². The second-order valence-corrected chi connectivity index (χ2v) is 4.01. The summed E-state index contributed by atoms with van der Waals surface area (Å²) in [4.78, 5) is 2.48. The van der Waals surface area contributed by atoms with Gasteiger partial charge in [0.25, 0.3) is 0 Å². The molecule has 11 heavy (non-hydrogen) atoms. The highest BCUT2D eigenvalue weighted by Crippen LogP contribution is 2.41. The van der Waals surface area contributed by atoms with Crippen molar-refractivity contribution >= 4 is 0 Å². The van der Waals surface area contributed by atoms with E-state index in [0.29, 0.717) is 0 Å². The average molecular weight is 155 g/mol. The summed E-state index contributed by atoms with van der Waals surface area (Å²) in [5.74, 6) is 0. The second-order valence-electron chi connectivity index (χ2n) is 4.01. The van der Waals surface area contributed by atoms with Gasteiger partial charge in [-0.3, -0.25) is 0 Å². The molecular formula is C9H17NO. The minimum Gasteiger partial charge on any atom is -0.378 e. The van der Waals surface area contributed by atoms with Gasteiger partial charge < -0.3 is 9.64 Å². The smallest absolute Gasteiger partial charge is 0.0706 e. The predicted molar refractivity (Wildman–Crippen MR) is 44.6 cm³/mol. The molecule has 64 valence electrons. The minimum atomic E-state index is 0.275. The number of rotatable bonds is 1. The number of hydrogen-bond donors (Lipinski definition) is 0. The predicted octanol–water partition coefficient (Wildman–Crippen LogP) is 1.26. The Balaban J connectivity index is 2.10. The standard InChI is InChI=1S/C9H17NO/c1-10-6-5-9(11-2)4-3-8(10)7-9/h8H,3-7H2,1-2H3/t8-,9?/m0/s1. The molecule has 2 rings (SSSR count). The van der Waals surface area contributed by atoms with E-state index in [1.54, 1.807) is 0 Å². The third-order valence-corrected chi connectivity index (χ3v) is 3.52. The molecule has 1 aliphatic carbocycles. The SMILES string of the molecule is COC12CC[C@@H](C1)N(C)CC2. The van der Waals surface area contributed by atoms with Gasteiger partial charge in [0.15, 0.2) is 0 Å². The van der Waals surface area contributed by atoms with Crippen LogP contribution in [0.5, 0.6) is 0 Å². The van der Waals surface area contributed by atoms with Gasteiger partial charge in [-0.05, 0) is 32.7 Å². The Bertz CT molecular complexity index is 160. The molecule has 1 saturated heterocycles. The van der Waals surface area contributed by atoms with E-state index in [2.05, 4.69) is 11.9 Å². The molecule has 2 nitrogen and oxygen atoms in total. The summed E-state index contributed by atoms with van der Waals surface area (Å²) < 4.78 is 5.59. The van der Waals surface area contributed by atoms with Crippen molar-refractivity contribution in [1.29, 1.82) is 0 Å². The molecule has 2 heteroatoms. The van der Waals surface area contributed by atoms with Crippen LogP contribution in [0.1, 0.15) is 25.7 Å². The van der Waals surface area contributed by atoms with Gasteiger partial charge in [-0.2, -0.15) is 0 Å². The molecule has 0 N–H and O–H groups in total. The van der Waals surface area contributed by atoms with Crippen LogP contribution in [-0.2, 0) is 4.74 Å². The van der Waals surface area contributed by atoms with Gasteiger partial charge in [0.1, 0.15) is 0 Å². The average Bonchev–Trinajstić information content (AvgIpc) is 2.40. The van der Waals surface area contributed by atoms with Gasteiger partial charge in [-0.25, -0.2) is 0 Å². The van der Waals surface area contributed by atoms with Crippen molar-refractivity contribution in [3.63, 3.8) is 0 Å². The van der Waals surface area contributed by atoms with E-state index in [-0.39, 0.29) is 5.60 Å². The van der Waals surface area contributed by atoms with Crippen LogP contribution in [0.3, 0.4) is 0 Å². The Morgan fingerprint density at radius 2 is 2.27 bits per heavy atom. The molecule has 2 aliphatic rings. The minimum absolute atomic E-state index is 0.275. The summed E-state index contributed by atoms with van der Waals surface area (Å²) >= 11 is 0. The lowest BCUT2D eigenvalue weighted by Crippen LogP contribution is -2.43. The molecule has 1 aliphatic heterocycles. The van der Waals surface area contributed by atoms with Crippen LogP contribution in [0.25, 0.3) is 0 Å². The van der Waals surface area contributed by atoms with Crippen LogP contribution < -0.4 is 0 Å². The fraction of sp³-hybridized carbons (Fsp3) is 1.00. The number of fused-ring (bicyclic) bond motifs is 2. The fourth-order valence-electron chi connectivity index (χ4n) is 2.52. The number of nitrogens with zero attached hydrogens (tertiary/aromatic N) is 1. The molecule has 0 aromatic carbocycles. The van der Waals surface area contributed by atoms with Gasteiger partial charge in [0.05, 0.1) is 5.60 Å². The monoisotopic (exact) mass is 155 g/mol. The summed E-state index contributed by atoms with van der Waals surface area (Å²) in [6.45, 7) is 1.22. The van der Waals surface area contributed by atoms with E-state index in [9.17, 15) is 0 Å². The maximum atomic E-state index is 5.59. The van der Waals surface area contributed by atoms with Crippen molar-refractivity contribution in [2.24, 2.45) is 0 Å². The van der Waals surface area contributed by atoms with Crippen molar-refractivity contribution in [3.05, 3.63) is 0 Å². The van der Waals surface area contributed by atoms with Crippen LogP contribution in [0.4, 0.5) is 0 Å². The van der Waals surface area contributed by atoms with E-state index < -0.39 is 0 Å². The van der Waals surface area contributed by atoms with E-state index >= 15 is 0 Å². The summed E-state index contributed by atoms with van der Waals surface area (Å²) in [6, 6.07) is 0.809. The molecule has 1 saturated carbocycles. The molecular weight excluding hydrogens is 138 g/mol. The molecule has 1 unspecified atom stereocenters. The number of ether oxygens (including phenoxy) is 1. The molecule has 0 spiro atoms. The lowest BCUT2D eigenvalue weighted by Gasteiger charge is -2.36. The van der Waals surface area contributed by atoms with E-state index in [4.69, 9.17) is 4.74 Å². The number of piperidine rings is 1. The lowest BCUT2D eigenvalue weighted by molar-refractivity contribution is -0.0390. The Morgan fingerprint density at radius 1 is 1.45 bits per heavy atom. The molecule has 2 atom stereocenters. The van der Waals surface area contributed by atoms with Gasteiger partial charge in [-0.15, -0.1) is 0 Å². The first kappa shape index (κ1) is 7.56. The second kappa shape index (κ2) is 2.46. The maximum absolute atomic E-state index is 5.59. The molecule has 0 aromatic heterocycles. The molecule has 0 aromatic rings. The highest BCUT2D eigenvalue weighted by atomic mass is 16.5. The summed E-state index contributed by atoms with van der Waals surface area (Å²) in [6.07, 6.45) is 5.11. The highest BCUT2D eigenvalue weighted by Gasteiger charge is 2.44. The molecule has 0 amide bonds. The Morgan fingerprint density at radius 3 is 3.00 bits per heavy atom. The summed E-state index contributed by atoms with van der Waals surface area (Å²) in [7, 11) is 4.10. The van der Waals surface area contributed by atoms with Crippen LogP contribution in [0.2, 0.25) is 0 Å². The maximum Gasteiger partial charge on any atom is 0.0706 e. The van der Waals surface area contributed by atoms with Crippen LogP contribution >= 0.6 is 0 Å². The fourth-order valence-corrected chi connectivity index (χ4v) is 2.52. The Kier molecular flexibility index (Phi) is 1.69. The largest absolute Gasteiger partial charge is 0.378 e. The van der Waals surface area contributed by atoms with Gasteiger partial charge in [0, 0.05) is 19.7 Å². The first-order chi connectivity index (χ1) is 5.26. The van der Waals surface area contributed by atoms with Crippen LogP contribution in [0.15, 0.2) is 0 Å². The van der Waals surface area contributed by atoms with Crippen molar-refractivity contribution in [3.8, 4) is 0 Å². The third-order valence-electron chi connectivity index (χ3n) is 3.52. The van der Waals surface area contributed by atoms with E-state index in [1.165, 1.54) is 32.2 Å². The highest BCUT2D eigenvalue weighted by molar-refractivity contribution is 4.98. The number of likely N-dealkylation sites (tertiary alicyclic amines) is 1. The molecule has 2 bridgehead atoms.